The molecule has 1 aliphatic heterocycles. The lowest BCUT2D eigenvalue weighted by molar-refractivity contribution is -0.110. The average molecular weight is 494 g/mol. The number of alkyl halides is 2. The van der Waals surface area contributed by atoms with E-state index in [4.69, 9.17) is 10.4 Å². The molecule has 1 atom stereocenters. The molecular formula is C20H21F2N7O2S2. The number of guanidine groups is 1. The summed E-state index contributed by atoms with van der Waals surface area (Å²) in [6.07, 6.45) is 1.76. The van der Waals surface area contributed by atoms with Crippen molar-refractivity contribution in [1.29, 1.82) is 5.41 Å². The Kier molecular flexibility index (Phi) is 7.76. The highest BCUT2D eigenvalue weighted by Crippen LogP contribution is 2.37. The van der Waals surface area contributed by atoms with Crippen molar-refractivity contribution in [3.05, 3.63) is 58.6 Å². The van der Waals surface area contributed by atoms with Gasteiger partial charge in [-0.3, -0.25) is 24.6 Å². The molecule has 1 aliphatic rings. The molecule has 2 heterocycles. The Balaban J connectivity index is 1.71. The zero-order valence-electron chi connectivity index (χ0n) is 17.6. The number of halogens is 2. The van der Waals surface area contributed by atoms with Crippen LogP contribution in [0.15, 0.2) is 53.0 Å². The van der Waals surface area contributed by atoms with Crippen LogP contribution in [0.4, 0.5) is 14.6 Å². The highest BCUT2D eigenvalue weighted by atomic mass is 32.2. The van der Waals surface area contributed by atoms with Crippen LogP contribution in [0.3, 0.4) is 0 Å². The second kappa shape index (κ2) is 10.5. The number of thiazole rings is 1. The molecule has 0 fully saturated rings. The van der Waals surface area contributed by atoms with Gasteiger partial charge in [-0.05, 0) is 37.1 Å². The van der Waals surface area contributed by atoms with Crippen LogP contribution in [0.2, 0.25) is 0 Å². The second-order valence-corrected chi connectivity index (χ2v) is 8.96. The Bertz CT molecular complexity index is 1090. The quantitative estimate of drug-likeness (QED) is 0.267. The second-order valence-electron chi connectivity index (χ2n) is 7.01. The molecule has 0 radical (unpaired) electrons. The fourth-order valence-electron chi connectivity index (χ4n) is 2.64. The average Bonchev–Trinajstić information content (AvgIpc) is 3.26. The van der Waals surface area contributed by atoms with Crippen molar-refractivity contribution in [1.82, 2.24) is 19.9 Å². The van der Waals surface area contributed by atoms with Gasteiger partial charge in [-0.2, -0.15) is 8.78 Å². The molecule has 174 valence electrons. The Hall–Kier alpha value is -3.32. The number of carbonyl (C=O) groups excluding carboxylic acids is 2. The lowest BCUT2D eigenvalue weighted by Gasteiger charge is -2.33. The van der Waals surface area contributed by atoms with Gasteiger partial charge in [0, 0.05) is 29.9 Å². The minimum atomic E-state index is -2.78. The molecule has 2 amide bonds. The number of nitrogens with one attached hydrogen (secondary N) is 4. The number of amides is 2. The van der Waals surface area contributed by atoms with Gasteiger partial charge in [0.05, 0.1) is 0 Å². The van der Waals surface area contributed by atoms with E-state index in [2.05, 4.69) is 15.6 Å². The Morgan fingerprint density at radius 3 is 2.70 bits per heavy atom. The largest absolute Gasteiger partial charge is 0.336 e. The van der Waals surface area contributed by atoms with Crippen molar-refractivity contribution >= 4 is 52.6 Å². The summed E-state index contributed by atoms with van der Waals surface area (Å²) in [5, 5.41) is 16.8. The SMILES string of the molecule is CN1SC[C@@](C)(c2nc(NC(=O)C(=N)/C=C\NC(F)F)cs2)N=C1NC(=O)c1ccccc1. The predicted molar refractivity (Wildman–Crippen MR) is 126 cm³/mol. The Labute approximate surface area is 197 Å². The summed E-state index contributed by atoms with van der Waals surface area (Å²) in [5.74, 6) is 0.0666. The van der Waals surface area contributed by atoms with E-state index in [0.717, 1.165) is 12.3 Å². The van der Waals surface area contributed by atoms with Crippen LogP contribution in [-0.4, -0.2) is 52.1 Å². The van der Waals surface area contributed by atoms with Gasteiger partial charge in [0.25, 0.3) is 11.8 Å². The van der Waals surface area contributed by atoms with E-state index in [1.165, 1.54) is 23.3 Å². The molecule has 0 spiro atoms. The molecule has 0 aliphatic carbocycles. The maximum Gasteiger partial charge on any atom is 0.312 e. The third kappa shape index (κ3) is 6.35. The van der Waals surface area contributed by atoms with Gasteiger partial charge in [0.1, 0.15) is 22.1 Å². The molecule has 1 aromatic carbocycles. The first kappa shape index (κ1) is 24.3. The summed E-state index contributed by atoms with van der Waals surface area (Å²) >= 11 is 2.73. The summed E-state index contributed by atoms with van der Waals surface area (Å²) < 4.78 is 25.9. The monoisotopic (exact) mass is 493 g/mol. The minimum Gasteiger partial charge on any atom is -0.336 e. The summed E-state index contributed by atoms with van der Waals surface area (Å²) in [6.45, 7) is -0.915. The number of aromatic nitrogens is 1. The number of aliphatic imine (C=N–C) groups is 1. The summed E-state index contributed by atoms with van der Waals surface area (Å²) in [6, 6.07) is 8.78. The highest BCUT2D eigenvalue weighted by Gasteiger charge is 2.36. The molecule has 0 unspecified atom stereocenters. The standard InChI is InChI=1S/C20H21F2N7O2S2/c1-20(11-33-29(2)19(28-20)27-15(30)12-6-4-3-5-7-12)17-26-14(10-32-17)25-16(31)13(23)8-9-24-18(21)22/h3-10,18,23-24H,11H2,1-2H3,(H,25,31)(H,27,28,30)/b9-8-,23-13?/t20-/m0/s1. The van der Waals surface area contributed by atoms with Gasteiger partial charge in [0.2, 0.25) is 5.96 Å². The summed E-state index contributed by atoms with van der Waals surface area (Å²) in [7, 11) is 1.80. The number of rotatable bonds is 7. The molecule has 0 saturated heterocycles. The maximum absolute atomic E-state index is 12.5. The van der Waals surface area contributed by atoms with Crippen LogP contribution in [0, 0.1) is 5.41 Å². The first-order valence-electron chi connectivity index (χ1n) is 9.57. The van der Waals surface area contributed by atoms with Crippen molar-refractivity contribution in [3.63, 3.8) is 0 Å². The van der Waals surface area contributed by atoms with E-state index in [0.29, 0.717) is 22.3 Å². The Morgan fingerprint density at radius 2 is 2.00 bits per heavy atom. The number of hydrogen-bond donors (Lipinski definition) is 4. The smallest absolute Gasteiger partial charge is 0.312 e. The van der Waals surface area contributed by atoms with E-state index in [1.54, 1.807) is 46.3 Å². The molecule has 0 saturated carbocycles. The zero-order valence-corrected chi connectivity index (χ0v) is 19.3. The van der Waals surface area contributed by atoms with Crippen LogP contribution in [0.5, 0.6) is 0 Å². The lowest BCUT2D eigenvalue weighted by Crippen LogP contribution is -2.45. The van der Waals surface area contributed by atoms with Gasteiger partial charge in [-0.1, -0.05) is 18.2 Å². The van der Waals surface area contributed by atoms with E-state index in [1.807, 2.05) is 13.0 Å². The van der Waals surface area contributed by atoms with Crippen LogP contribution >= 0.6 is 23.3 Å². The van der Waals surface area contributed by atoms with Crippen molar-refractivity contribution in [2.75, 3.05) is 18.1 Å². The summed E-state index contributed by atoms with van der Waals surface area (Å²) in [4.78, 5) is 33.7. The zero-order chi connectivity index (χ0) is 24.0. The third-order valence-corrected chi connectivity index (χ3v) is 6.72. The van der Waals surface area contributed by atoms with E-state index in [-0.39, 0.29) is 11.7 Å². The topological polar surface area (TPSA) is 123 Å². The maximum atomic E-state index is 12.5. The van der Waals surface area contributed by atoms with Gasteiger partial charge in [-0.25, -0.2) is 9.98 Å². The predicted octanol–water partition coefficient (Wildman–Crippen LogP) is 3.02. The van der Waals surface area contributed by atoms with Gasteiger partial charge >= 0.3 is 6.55 Å². The van der Waals surface area contributed by atoms with Crippen molar-refractivity contribution in [2.45, 2.75) is 19.0 Å². The van der Waals surface area contributed by atoms with Crippen molar-refractivity contribution < 1.29 is 18.4 Å². The van der Waals surface area contributed by atoms with Crippen LogP contribution in [0.1, 0.15) is 22.3 Å². The molecule has 0 bridgehead atoms. The van der Waals surface area contributed by atoms with E-state index < -0.39 is 23.7 Å². The molecule has 13 heteroatoms. The Morgan fingerprint density at radius 1 is 1.27 bits per heavy atom. The van der Waals surface area contributed by atoms with Crippen LogP contribution in [-0.2, 0) is 10.3 Å². The molecule has 9 nitrogen and oxygen atoms in total. The highest BCUT2D eigenvalue weighted by molar-refractivity contribution is 7.97. The minimum absolute atomic E-state index is 0.218. The summed E-state index contributed by atoms with van der Waals surface area (Å²) in [5.41, 5.74) is -0.772. The van der Waals surface area contributed by atoms with Gasteiger partial charge < -0.3 is 10.6 Å². The van der Waals surface area contributed by atoms with E-state index >= 15 is 0 Å². The van der Waals surface area contributed by atoms with E-state index in [9.17, 15) is 18.4 Å². The third-order valence-electron chi connectivity index (χ3n) is 4.37. The first-order valence-corrected chi connectivity index (χ1v) is 11.4. The molecule has 2 aromatic rings. The normalized spacial score (nSPS) is 18.2. The molecule has 1 aromatic heterocycles. The van der Waals surface area contributed by atoms with Gasteiger partial charge in [-0.15, -0.1) is 11.3 Å². The van der Waals surface area contributed by atoms with Gasteiger partial charge in [0.15, 0.2) is 0 Å². The fraction of sp³-hybridized carbons (Fsp3) is 0.250. The number of benzene rings is 1. The number of anilines is 1. The molecule has 33 heavy (non-hydrogen) atoms. The first-order chi connectivity index (χ1) is 15.7. The number of carbonyl (C=O) groups is 2. The molecule has 4 N–H and O–H groups in total. The van der Waals surface area contributed by atoms with Crippen LogP contribution in [0.25, 0.3) is 0 Å². The molecular weight excluding hydrogens is 472 g/mol. The van der Waals surface area contributed by atoms with Crippen molar-refractivity contribution in [2.24, 2.45) is 4.99 Å². The lowest BCUT2D eigenvalue weighted by atomic mass is 10.1. The van der Waals surface area contributed by atoms with Crippen molar-refractivity contribution in [3.8, 4) is 0 Å². The number of nitrogens with zero attached hydrogens (tertiary/aromatic N) is 3. The number of hydrogen-bond acceptors (Lipinski definition) is 9. The fourth-order valence-corrected chi connectivity index (χ4v) is 4.45. The van der Waals surface area contributed by atoms with Crippen LogP contribution < -0.4 is 16.0 Å². The molecule has 3 rings (SSSR count).